The van der Waals surface area contributed by atoms with Crippen LogP contribution in [0, 0.1) is 17.1 Å². The number of nitrogens with one attached hydrogen (secondary N) is 2. The molecule has 3 aromatic rings. The number of rotatable bonds is 6. The number of benzene rings is 3. The normalized spacial score (nSPS) is 12.7. The Hall–Kier alpha value is -4.71. The van der Waals surface area contributed by atoms with E-state index in [2.05, 4.69) is 21.7 Å². The van der Waals surface area contributed by atoms with Crippen LogP contribution in [-0.4, -0.2) is 31.4 Å². The predicted octanol–water partition coefficient (Wildman–Crippen LogP) is 3.56. The van der Waals surface area contributed by atoms with Crippen LogP contribution in [-0.2, 0) is 11.4 Å². The molecule has 0 aliphatic carbocycles. The molecule has 9 heteroatoms. The first-order chi connectivity index (χ1) is 17.0. The summed E-state index contributed by atoms with van der Waals surface area (Å²) >= 11 is 0. The third-order valence-corrected chi connectivity index (χ3v) is 5.28. The number of hydrogen-bond donors (Lipinski definition) is 2. The van der Waals surface area contributed by atoms with Gasteiger partial charge in [0.2, 0.25) is 11.9 Å². The van der Waals surface area contributed by atoms with E-state index in [1.165, 1.54) is 37.4 Å². The van der Waals surface area contributed by atoms with Crippen molar-refractivity contribution in [3.05, 3.63) is 83.2 Å². The quantitative estimate of drug-likeness (QED) is 0.570. The number of halogens is 1. The molecule has 1 heterocycles. The molecule has 1 aliphatic rings. The van der Waals surface area contributed by atoms with Gasteiger partial charge in [0.25, 0.3) is 5.91 Å². The Morgan fingerprint density at radius 1 is 1.17 bits per heavy atom. The summed E-state index contributed by atoms with van der Waals surface area (Å²) in [6.07, 6.45) is 0.209. The Labute approximate surface area is 201 Å². The third kappa shape index (κ3) is 5.28. The number of nitrogens with zero attached hydrogens (tertiary/aromatic N) is 2. The first kappa shape index (κ1) is 23.4. The van der Waals surface area contributed by atoms with Crippen molar-refractivity contribution in [1.82, 2.24) is 10.6 Å². The van der Waals surface area contributed by atoms with Gasteiger partial charge in [-0.05, 0) is 35.9 Å². The van der Waals surface area contributed by atoms with Crippen molar-refractivity contribution >= 4 is 17.8 Å². The fourth-order valence-electron chi connectivity index (χ4n) is 3.66. The highest BCUT2D eigenvalue weighted by atomic mass is 19.1. The van der Waals surface area contributed by atoms with Gasteiger partial charge in [0.1, 0.15) is 23.9 Å². The summed E-state index contributed by atoms with van der Waals surface area (Å²) in [4.78, 5) is 29.4. The van der Waals surface area contributed by atoms with E-state index < -0.39 is 11.7 Å². The second-order valence-electron chi connectivity index (χ2n) is 7.57. The number of nitriles is 1. The topological polar surface area (TPSA) is 113 Å². The number of aliphatic imine (C=N–C) groups is 1. The maximum Gasteiger partial charge on any atom is 0.262 e. The number of carbonyl (C=O) groups is 2. The monoisotopic (exact) mass is 472 g/mol. The molecule has 0 bridgehead atoms. The highest BCUT2D eigenvalue weighted by molar-refractivity contribution is 6.14. The van der Waals surface area contributed by atoms with E-state index in [0.29, 0.717) is 0 Å². The number of amides is 2. The molecule has 35 heavy (non-hydrogen) atoms. The van der Waals surface area contributed by atoms with Gasteiger partial charge in [-0.1, -0.05) is 30.3 Å². The molecule has 0 unspecified atom stereocenters. The third-order valence-electron chi connectivity index (χ3n) is 5.28. The van der Waals surface area contributed by atoms with Gasteiger partial charge in [-0.2, -0.15) is 5.26 Å². The summed E-state index contributed by atoms with van der Waals surface area (Å²) < 4.78 is 25.7. The van der Waals surface area contributed by atoms with Crippen molar-refractivity contribution in [3.8, 4) is 28.7 Å². The molecule has 2 N–H and O–H groups in total. The zero-order valence-electron chi connectivity index (χ0n) is 18.8. The molecule has 8 nitrogen and oxygen atoms in total. The summed E-state index contributed by atoms with van der Waals surface area (Å²) in [7, 11) is 1.41. The van der Waals surface area contributed by atoms with Crippen LogP contribution in [0.15, 0.2) is 65.7 Å². The van der Waals surface area contributed by atoms with E-state index in [4.69, 9.17) is 9.47 Å². The minimum absolute atomic E-state index is 0.0141. The summed E-state index contributed by atoms with van der Waals surface area (Å²) in [5, 5.41) is 14.9. The van der Waals surface area contributed by atoms with Crippen molar-refractivity contribution in [2.75, 3.05) is 13.7 Å². The van der Waals surface area contributed by atoms with Crippen LogP contribution in [0.5, 0.6) is 11.5 Å². The lowest BCUT2D eigenvalue weighted by molar-refractivity contribution is -0.119. The van der Waals surface area contributed by atoms with E-state index in [1.807, 2.05) is 30.3 Å². The smallest absolute Gasteiger partial charge is 0.262 e. The van der Waals surface area contributed by atoms with Crippen molar-refractivity contribution in [3.63, 3.8) is 0 Å². The Balaban J connectivity index is 1.85. The zero-order chi connectivity index (χ0) is 24.8. The molecule has 1 aliphatic heterocycles. The average Bonchev–Trinajstić information content (AvgIpc) is 2.87. The Kier molecular flexibility index (Phi) is 7.02. The molecule has 4 rings (SSSR count). The van der Waals surface area contributed by atoms with Crippen LogP contribution >= 0.6 is 0 Å². The lowest BCUT2D eigenvalue weighted by atomic mass is 9.92. The van der Waals surface area contributed by atoms with Crippen molar-refractivity contribution in [2.24, 2.45) is 4.99 Å². The molecule has 3 aromatic carbocycles. The predicted molar refractivity (Wildman–Crippen MR) is 126 cm³/mol. The SMILES string of the molecule is COc1ccc(F)cc1-c1c(C#N)ccc(OCc2ccccc2)c1C(=O)NC1=NCCC(=O)N1. The van der Waals surface area contributed by atoms with E-state index in [1.54, 1.807) is 0 Å². The second-order valence-corrected chi connectivity index (χ2v) is 7.57. The Morgan fingerprint density at radius 3 is 2.66 bits per heavy atom. The summed E-state index contributed by atoms with van der Waals surface area (Å²) in [5.74, 6) is -1.13. The maximum absolute atomic E-state index is 14.3. The number of ether oxygens (including phenoxy) is 2. The lowest BCUT2D eigenvalue weighted by Crippen LogP contribution is -2.46. The van der Waals surface area contributed by atoms with E-state index in [9.17, 15) is 19.2 Å². The number of carbonyl (C=O) groups excluding carboxylic acids is 2. The highest BCUT2D eigenvalue weighted by Crippen LogP contribution is 2.39. The van der Waals surface area contributed by atoms with Crippen molar-refractivity contribution in [2.45, 2.75) is 13.0 Å². The van der Waals surface area contributed by atoms with Gasteiger partial charge in [0.05, 0.1) is 30.9 Å². The highest BCUT2D eigenvalue weighted by Gasteiger charge is 2.26. The van der Waals surface area contributed by atoms with E-state index in [0.717, 1.165) is 5.56 Å². The van der Waals surface area contributed by atoms with Gasteiger partial charge in [-0.3, -0.25) is 25.2 Å². The number of guanidine groups is 1. The summed E-state index contributed by atoms with van der Waals surface area (Å²) in [6.45, 7) is 0.367. The van der Waals surface area contributed by atoms with Crippen LogP contribution in [0.25, 0.3) is 11.1 Å². The number of methoxy groups -OCH3 is 1. The fraction of sp³-hybridized carbons (Fsp3) is 0.154. The molecule has 0 spiro atoms. The lowest BCUT2D eigenvalue weighted by Gasteiger charge is -2.20. The van der Waals surface area contributed by atoms with Crippen molar-refractivity contribution in [1.29, 1.82) is 5.26 Å². The standard InChI is InChI=1S/C26H21FN4O4/c1-34-20-10-8-18(27)13-19(20)23-17(14-28)7-9-21(35-15-16-5-3-2-4-6-16)24(23)25(33)31-26-29-12-11-22(32)30-26/h2-10,13H,11-12,15H2,1H3,(H2,29,30,31,32,33). The summed E-state index contributed by atoms with van der Waals surface area (Å²) in [5.41, 5.74) is 1.28. The molecule has 0 saturated heterocycles. The minimum atomic E-state index is -0.688. The zero-order valence-corrected chi connectivity index (χ0v) is 18.8. The molecular weight excluding hydrogens is 451 g/mol. The fourth-order valence-corrected chi connectivity index (χ4v) is 3.66. The van der Waals surface area contributed by atoms with Crippen LogP contribution in [0.1, 0.15) is 27.9 Å². The number of hydrogen-bond acceptors (Lipinski definition) is 6. The molecule has 0 aromatic heterocycles. The molecule has 0 saturated carbocycles. The van der Waals surface area contributed by atoms with Gasteiger partial charge >= 0.3 is 0 Å². The van der Waals surface area contributed by atoms with Gasteiger partial charge in [0.15, 0.2) is 0 Å². The molecular formula is C26H21FN4O4. The summed E-state index contributed by atoms with van der Waals surface area (Å²) in [6, 6.07) is 18.2. The maximum atomic E-state index is 14.3. The first-order valence-corrected chi connectivity index (χ1v) is 10.7. The van der Waals surface area contributed by atoms with E-state index >= 15 is 0 Å². The van der Waals surface area contributed by atoms with Crippen LogP contribution in [0.2, 0.25) is 0 Å². The average molecular weight is 472 g/mol. The van der Waals surface area contributed by atoms with Gasteiger partial charge in [0, 0.05) is 17.5 Å². The molecule has 0 fully saturated rings. The second kappa shape index (κ2) is 10.5. The van der Waals surface area contributed by atoms with Gasteiger partial charge in [-0.15, -0.1) is 0 Å². The first-order valence-electron chi connectivity index (χ1n) is 10.7. The van der Waals surface area contributed by atoms with Crippen molar-refractivity contribution < 1.29 is 23.5 Å². The van der Waals surface area contributed by atoms with Gasteiger partial charge in [-0.25, -0.2) is 4.39 Å². The van der Waals surface area contributed by atoms with Crippen LogP contribution in [0.4, 0.5) is 4.39 Å². The largest absolute Gasteiger partial charge is 0.496 e. The van der Waals surface area contributed by atoms with E-state index in [-0.39, 0.29) is 65.2 Å². The Morgan fingerprint density at radius 2 is 1.94 bits per heavy atom. The minimum Gasteiger partial charge on any atom is -0.496 e. The van der Waals surface area contributed by atoms with Crippen LogP contribution in [0.3, 0.4) is 0 Å². The molecule has 2 amide bonds. The van der Waals surface area contributed by atoms with Gasteiger partial charge < -0.3 is 9.47 Å². The Bertz CT molecular complexity index is 1350. The molecule has 176 valence electrons. The van der Waals surface area contributed by atoms with Crippen LogP contribution < -0.4 is 20.1 Å². The molecule has 0 radical (unpaired) electrons. The molecule has 0 atom stereocenters.